The van der Waals surface area contributed by atoms with Crippen LogP contribution in [0, 0.1) is 0 Å². The first-order valence-corrected chi connectivity index (χ1v) is 6.77. The van der Waals surface area contributed by atoms with Crippen LogP contribution in [-0.2, 0) is 0 Å². The lowest BCUT2D eigenvalue weighted by atomic mass is 10.00. The molecule has 3 nitrogen and oxygen atoms in total. The zero-order valence-electron chi connectivity index (χ0n) is 9.92. The predicted molar refractivity (Wildman–Crippen MR) is 73.9 cm³/mol. The number of anilines is 2. The monoisotopic (exact) mass is 273 g/mol. The van der Waals surface area contributed by atoms with E-state index in [1.54, 1.807) is 6.07 Å². The van der Waals surface area contributed by atoms with Crippen LogP contribution in [-0.4, -0.2) is 17.6 Å². The molecule has 0 spiro atoms. The van der Waals surface area contributed by atoms with Crippen molar-refractivity contribution in [2.75, 3.05) is 17.2 Å². The minimum atomic E-state index is 0.353. The van der Waals surface area contributed by atoms with Crippen molar-refractivity contribution < 1.29 is 0 Å². The van der Waals surface area contributed by atoms with Gasteiger partial charge in [0.15, 0.2) is 0 Å². The third kappa shape index (κ3) is 2.61. The molecular weight excluding hydrogens is 257 g/mol. The maximum Gasteiger partial charge on any atom is 0.150 e. The van der Waals surface area contributed by atoms with Crippen molar-refractivity contribution in [1.29, 1.82) is 0 Å². The molecule has 1 fully saturated rings. The summed E-state index contributed by atoms with van der Waals surface area (Å²) in [6, 6.07) is 2.19. The van der Waals surface area contributed by atoms with Crippen LogP contribution in [0.1, 0.15) is 32.6 Å². The zero-order valence-corrected chi connectivity index (χ0v) is 11.4. The average Bonchev–Trinajstić information content (AvgIpc) is 2.34. The van der Waals surface area contributed by atoms with Gasteiger partial charge in [-0.2, -0.15) is 0 Å². The van der Waals surface area contributed by atoms with Crippen molar-refractivity contribution in [1.82, 2.24) is 4.98 Å². The van der Waals surface area contributed by atoms with E-state index in [1.165, 1.54) is 19.3 Å². The summed E-state index contributed by atoms with van der Waals surface area (Å²) in [4.78, 5) is 6.60. The summed E-state index contributed by atoms with van der Waals surface area (Å²) < 4.78 is 0. The maximum absolute atomic E-state index is 6.21. The van der Waals surface area contributed by atoms with Gasteiger partial charge in [-0.15, -0.1) is 0 Å². The second kappa shape index (κ2) is 5.32. The van der Waals surface area contributed by atoms with Crippen LogP contribution < -0.4 is 10.6 Å². The number of hydrogen-bond donors (Lipinski definition) is 1. The van der Waals surface area contributed by atoms with Crippen LogP contribution >= 0.6 is 23.2 Å². The Bertz CT molecular complexity index is 409. The molecule has 0 radical (unpaired) electrons. The molecule has 17 heavy (non-hydrogen) atoms. The summed E-state index contributed by atoms with van der Waals surface area (Å²) in [5.41, 5.74) is 5.75. The highest BCUT2D eigenvalue weighted by molar-refractivity contribution is 6.37. The van der Waals surface area contributed by atoms with Crippen LogP contribution in [0.2, 0.25) is 10.0 Å². The minimum Gasteiger partial charge on any atom is -0.382 e. The topological polar surface area (TPSA) is 42.2 Å². The third-order valence-corrected chi connectivity index (χ3v) is 3.89. The Morgan fingerprint density at radius 3 is 2.88 bits per heavy atom. The Morgan fingerprint density at radius 2 is 2.18 bits per heavy atom. The van der Waals surface area contributed by atoms with Crippen molar-refractivity contribution in [3.05, 3.63) is 16.1 Å². The zero-order chi connectivity index (χ0) is 12.4. The largest absolute Gasteiger partial charge is 0.382 e. The molecule has 1 aliphatic rings. The van der Waals surface area contributed by atoms with Crippen molar-refractivity contribution in [2.45, 2.75) is 38.6 Å². The van der Waals surface area contributed by atoms with Gasteiger partial charge in [0.1, 0.15) is 11.6 Å². The normalized spacial score (nSPS) is 20.6. The first-order valence-electron chi connectivity index (χ1n) is 6.01. The van der Waals surface area contributed by atoms with Crippen LogP contribution in [0.4, 0.5) is 11.6 Å². The Kier molecular flexibility index (Phi) is 4.00. The van der Waals surface area contributed by atoms with Crippen LogP contribution in [0.15, 0.2) is 6.07 Å². The number of pyridine rings is 1. The quantitative estimate of drug-likeness (QED) is 0.893. The van der Waals surface area contributed by atoms with Gasteiger partial charge in [-0.1, -0.05) is 30.1 Å². The van der Waals surface area contributed by atoms with E-state index in [1.807, 2.05) is 0 Å². The number of rotatable bonds is 2. The van der Waals surface area contributed by atoms with Crippen molar-refractivity contribution in [2.24, 2.45) is 0 Å². The van der Waals surface area contributed by atoms with Crippen molar-refractivity contribution in [3.63, 3.8) is 0 Å². The smallest absolute Gasteiger partial charge is 0.150 e. The number of hydrogen-bond acceptors (Lipinski definition) is 3. The van der Waals surface area contributed by atoms with E-state index < -0.39 is 0 Å². The van der Waals surface area contributed by atoms with Crippen LogP contribution in [0.5, 0.6) is 0 Å². The van der Waals surface area contributed by atoms with E-state index in [9.17, 15) is 0 Å². The maximum atomic E-state index is 6.21. The summed E-state index contributed by atoms with van der Waals surface area (Å²) in [5, 5.41) is 1.01. The number of nitrogens with two attached hydrogens (primary N) is 1. The van der Waals surface area contributed by atoms with Gasteiger partial charge in [-0.3, -0.25) is 0 Å². The second-order valence-electron chi connectivity index (χ2n) is 4.41. The lowest BCUT2D eigenvalue weighted by molar-refractivity contribution is 0.447. The molecule has 1 aromatic heterocycles. The molecule has 5 heteroatoms. The highest BCUT2D eigenvalue weighted by atomic mass is 35.5. The fourth-order valence-corrected chi connectivity index (χ4v) is 2.84. The average molecular weight is 274 g/mol. The molecule has 1 atom stereocenters. The fourth-order valence-electron chi connectivity index (χ4n) is 2.38. The van der Waals surface area contributed by atoms with Crippen LogP contribution in [0.3, 0.4) is 0 Å². The molecule has 2 heterocycles. The summed E-state index contributed by atoms with van der Waals surface area (Å²) in [6.45, 7) is 3.18. The van der Waals surface area contributed by atoms with Gasteiger partial charge in [-0.25, -0.2) is 4.98 Å². The standard InChI is InChI=1S/C12H17Cl2N3/c1-2-8-5-3-4-6-17(8)12-10(14)7-9(13)11(15)16-12/h7-8H,2-6H2,1H3,(H2,15,16). The summed E-state index contributed by atoms with van der Waals surface area (Å²) in [6.07, 6.45) is 4.74. The molecule has 2 rings (SSSR count). The molecule has 1 unspecified atom stereocenters. The predicted octanol–water partition coefficient (Wildman–Crippen LogP) is 3.74. The lowest BCUT2D eigenvalue weighted by Gasteiger charge is -2.36. The van der Waals surface area contributed by atoms with E-state index in [4.69, 9.17) is 28.9 Å². The molecular formula is C12H17Cl2N3. The van der Waals surface area contributed by atoms with Gasteiger partial charge in [0, 0.05) is 12.6 Å². The van der Waals surface area contributed by atoms with E-state index in [0.29, 0.717) is 21.9 Å². The van der Waals surface area contributed by atoms with Gasteiger partial charge >= 0.3 is 0 Å². The highest BCUT2D eigenvalue weighted by Crippen LogP contribution is 2.34. The first kappa shape index (κ1) is 12.8. The molecule has 1 aliphatic heterocycles. The third-order valence-electron chi connectivity index (χ3n) is 3.31. The Hall–Kier alpha value is -0.670. The number of halogens is 2. The van der Waals surface area contributed by atoms with Crippen molar-refractivity contribution >= 4 is 34.8 Å². The summed E-state index contributed by atoms with van der Waals surface area (Å²) in [5.74, 6) is 1.13. The highest BCUT2D eigenvalue weighted by Gasteiger charge is 2.24. The summed E-state index contributed by atoms with van der Waals surface area (Å²) >= 11 is 12.1. The number of nitrogens with zero attached hydrogens (tertiary/aromatic N) is 2. The Labute approximate surface area is 112 Å². The lowest BCUT2D eigenvalue weighted by Crippen LogP contribution is -2.39. The van der Waals surface area contributed by atoms with E-state index in [-0.39, 0.29) is 0 Å². The minimum absolute atomic E-state index is 0.353. The molecule has 0 bridgehead atoms. The molecule has 1 saturated heterocycles. The Balaban J connectivity index is 2.34. The van der Waals surface area contributed by atoms with E-state index in [0.717, 1.165) is 18.8 Å². The molecule has 1 aromatic rings. The Morgan fingerprint density at radius 1 is 1.41 bits per heavy atom. The molecule has 0 saturated carbocycles. The first-order chi connectivity index (χ1) is 8.13. The van der Waals surface area contributed by atoms with Gasteiger partial charge in [0.25, 0.3) is 0 Å². The van der Waals surface area contributed by atoms with Gasteiger partial charge in [0.05, 0.1) is 10.0 Å². The fraction of sp³-hybridized carbons (Fsp3) is 0.583. The van der Waals surface area contributed by atoms with Crippen LogP contribution in [0.25, 0.3) is 0 Å². The van der Waals surface area contributed by atoms with Gasteiger partial charge < -0.3 is 10.6 Å². The SMILES string of the molecule is CCC1CCCCN1c1nc(N)c(Cl)cc1Cl. The number of aromatic nitrogens is 1. The molecule has 2 N–H and O–H groups in total. The van der Waals surface area contributed by atoms with Gasteiger partial charge in [-0.05, 0) is 31.7 Å². The molecule has 0 aliphatic carbocycles. The summed E-state index contributed by atoms with van der Waals surface area (Å²) in [7, 11) is 0. The van der Waals surface area contributed by atoms with Gasteiger partial charge in [0.2, 0.25) is 0 Å². The number of nitrogen functional groups attached to an aromatic ring is 1. The molecule has 0 aromatic carbocycles. The molecule has 94 valence electrons. The number of piperidine rings is 1. The second-order valence-corrected chi connectivity index (χ2v) is 5.23. The van der Waals surface area contributed by atoms with E-state index >= 15 is 0 Å². The molecule has 0 amide bonds. The van der Waals surface area contributed by atoms with Crippen molar-refractivity contribution in [3.8, 4) is 0 Å². The van der Waals surface area contributed by atoms with E-state index in [2.05, 4.69) is 16.8 Å².